The Labute approximate surface area is 171 Å². The van der Waals surface area contributed by atoms with Crippen LogP contribution in [-0.2, 0) is 0 Å². The van der Waals surface area contributed by atoms with Gasteiger partial charge in [-0.05, 0) is 62.6 Å². The molecular formula is C22H28N6O. The molecule has 1 saturated heterocycles. The summed E-state index contributed by atoms with van der Waals surface area (Å²) in [7, 11) is 0. The van der Waals surface area contributed by atoms with Crippen molar-refractivity contribution in [3.63, 3.8) is 0 Å². The number of aromatic nitrogens is 4. The second-order valence-corrected chi connectivity index (χ2v) is 7.60. The zero-order chi connectivity index (χ0) is 20.1. The van der Waals surface area contributed by atoms with Gasteiger partial charge < -0.3 is 10.2 Å². The zero-order valence-electron chi connectivity index (χ0n) is 16.9. The molecule has 4 rings (SSSR count). The highest BCUT2D eigenvalue weighted by Crippen LogP contribution is 2.19. The second kappa shape index (κ2) is 9.13. The van der Waals surface area contributed by atoms with Crippen molar-refractivity contribution in [2.45, 2.75) is 45.1 Å². The molecule has 0 bridgehead atoms. The van der Waals surface area contributed by atoms with Crippen molar-refractivity contribution in [3.05, 3.63) is 48.2 Å². The summed E-state index contributed by atoms with van der Waals surface area (Å²) in [6.07, 6.45) is 7.84. The summed E-state index contributed by atoms with van der Waals surface area (Å²) in [6, 6.07) is 11.8. The molecule has 7 nitrogen and oxygen atoms in total. The number of piperidine rings is 1. The number of nitrogens with zero attached hydrogens (tertiary/aromatic N) is 5. The Morgan fingerprint density at radius 3 is 3.07 bits per heavy atom. The van der Waals surface area contributed by atoms with Gasteiger partial charge in [0.25, 0.3) is 5.91 Å². The number of nitrogens with one attached hydrogen (secondary N) is 1. The predicted molar refractivity (Wildman–Crippen MR) is 113 cm³/mol. The van der Waals surface area contributed by atoms with E-state index in [2.05, 4.69) is 32.4 Å². The fourth-order valence-corrected chi connectivity index (χ4v) is 4.12. The summed E-state index contributed by atoms with van der Waals surface area (Å²) in [6.45, 7) is 5.19. The quantitative estimate of drug-likeness (QED) is 0.625. The number of fused-ring (bicyclic) bond motifs is 1. The first-order chi connectivity index (χ1) is 14.3. The van der Waals surface area contributed by atoms with Crippen LogP contribution < -0.4 is 5.32 Å². The van der Waals surface area contributed by atoms with Crippen molar-refractivity contribution in [2.24, 2.45) is 0 Å². The van der Waals surface area contributed by atoms with E-state index in [1.165, 1.54) is 32.2 Å². The molecule has 2 aromatic heterocycles. The second-order valence-electron chi connectivity index (χ2n) is 7.60. The molecule has 0 unspecified atom stereocenters. The molecule has 0 radical (unpaired) electrons. The molecule has 1 aliphatic heterocycles. The van der Waals surface area contributed by atoms with Gasteiger partial charge in [0, 0.05) is 30.9 Å². The number of hydrogen-bond acceptors (Lipinski definition) is 5. The van der Waals surface area contributed by atoms with Crippen LogP contribution >= 0.6 is 0 Å². The van der Waals surface area contributed by atoms with Crippen LogP contribution in [0.4, 0.5) is 0 Å². The average molecular weight is 393 g/mol. The van der Waals surface area contributed by atoms with Gasteiger partial charge in [0.1, 0.15) is 5.52 Å². The minimum atomic E-state index is -0.0603. The number of amides is 1. The van der Waals surface area contributed by atoms with Gasteiger partial charge in [-0.1, -0.05) is 24.6 Å². The maximum absolute atomic E-state index is 12.6. The summed E-state index contributed by atoms with van der Waals surface area (Å²) in [5, 5.41) is 11.4. The molecule has 0 aliphatic carbocycles. The molecule has 29 heavy (non-hydrogen) atoms. The third-order valence-electron chi connectivity index (χ3n) is 5.69. The number of carbonyl (C=O) groups is 1. The Hall–Kier alpha value is -2.80. The molecule has 0 spiro atoms. The van der Waals surface area contributed by atoms with E-state index < -0.39 is 0 Å². The largest absolute Gasteiger partial charge is 0.352 e. The maximum atomic E-state index is 12.6. The van der Waals surface area contributed by atoms with Crippen molar-refractivity contribution >= 4 is 17.1 Å². The first-order valence-corrected chi connectivity index (χ1v) is 10.6. The van der Waals surface area contributed by atoms with Crippen molar-refractivity contribution in [3.8, 4) is 5.69 Å². The van der Waals surface area contributed by atoms with E-state index in [4.69, 9.17) is 0 Å². The fraction of sp³-hybridized carbons (Fsp3) is 0.455. The first kappa shape index (κ1) is 19.5. The van der Waals surface area contributed by atoms with E-state index in [1.54, 1.807) is 10.9 Å². The normalized spacial score (nSPS) is 17.5. The SMILES string of the molecule is CC[C@@H]1CCCCN1CCCNC(=O)c1cccc(-n2nnc3cccnc32)c1. The Morgan fingerprint density at radius 1 is 1.24 bits per heavy atom. The summed E-state index contributed by atoms with van der Waals surface area (Å²) in [4.78, 5) is 19.5. The summed E-state index contributed by atoms with van der Waals surface area (Å²) >= 11 is 0. The minimum absolute atomic E-state index is 0.0603. The lowest BCUT2D eigenvalue weighted by molar-refractivity contribution is 0.0947. The van der Waals surface area contributed by atoms with Gasteiger partial charge in [-0.2, -0.15) is 4.68 Å². The molecule has 3 heterocycles. The molecule has 1 aromatic carbocycles. The van der Waals surface area contributed by atoms with Crippen LogP contribution in [0.15, 0.2) is 42.6 Å². The number of pyridine rings is 1. The van der Waals surface area contributed by atoms with Crippen molar-refractivity contribution < 1.29 is 4.79 Å². The fourth-order valence-electron chi connectivity index (χ4n) is 4.12. The van der Waals surface area contributed by atoms with Crippen LogP contribution in [0.1, 0.15) is 49.4 Å². The van der Waals surface area contributed by atoms with Gasteiger partial charge in [-0.3, -0.25) is 4.79 Å². The van der Waals surface area contributed by atoms with E-state index in [1.807, 2.05) is 36.4 Å². The molecule has 1 atom stereocenters. The van der Waals surface area contributed by atoms with Crippen LogP contribution in [0, 0.1) is 0 Å². The Bertz CT molecular complexity index is 969. The average Bonchev–Trinajstić information content (AvgIpc) is 3.21. The third kappa shape index (κ3) is 4.45. The van der Waals surface area contributed by atoms with Crippen LogP contribution in [0.25, 0.3) is 16.9 Å². The van der Waals surface area contributed by atoms with Crippen molar-refractivity contribution in [1.29, 1.82) is 0 Å². The highest BCUT2D eigenvalue weighted by atomic mass is 16.1. The van der Waals surface area contributed by atoms with Crippen LogP contribution in [0.5, 0.6) is 0 Å². The molecule has 1 N–H and O–H groups in total. The lowest BCUT2D eigenvalue weighted by atomic mass is 10.00. The van der Waals surface area contributed by atoms with Gasteiger partial charge in [0.15, 0.2) is 5.65 Å². The molecule has 152 valence electrons. The maximum Gasteiger partial charge on any atom is 0.251 e. The van der Waals surface area contributed by atoms with Gasteiger partial charge in [-0.15, -0.1) is 5.10 Å². The summed E-state index contributed by atoms with van der Waals surface area (Å²) < 4.78 is 1.66. The van der Waals surface area contributed by atoms with E-state index >= 15 is 0 Å². The minimum Gasteiger partial charge on any atom is -0.352 e. The molecule has 1 aliphatic rings. The topological polar surface area (TPSA) is 75.9 Å². The van der Waals surface area contributed by atoms with Crippen molar-refractivity contribution in [2.75, 3.05) is 19.6 Å². The Kier molecular flexibility index (Phi) is 6.14. The monoisotopic (exact) mass is 392 g/mol. The highest BCUT2D eigenvalue weighted by Gasteiger charge is 2.20. The molecular weight excluding hydrogens is 364 g/mol. The highest BCUT2D eigenvalue weighted by molar-refractivity contribution is 5.94. The molecule has 3 aromatic rings. The number of likely N-dealkylation sites (tertiary alicyclic amines) is 1. The molecule has 7 heteroatoms. The number of benzene rings is 1. The smallest absolute Gasteiger partial charge is 0.251 e. The Morgan fingerprint density at radius 2 is 2.17 bits per heavy atom. The van der Waals surface area contributed by atoms with Gasteiger partial charge in [-0.25, -0.2) is 4.98 Å². The van der Waals surface area contributed by atoms with Crippen LogP contribution in [-0.4, -0.2) is 56.5 Å². The van der Waals surface area contributed by atoms with E-state index in [0.717, 1.165) is 24.2 Å². The van der Waals surface area contributed by atoms with Crippen LogP contribution in [0.3, 0.4) is 0 Å². The molecule has 0 saturated carbocycles. The first-order valence-electron chi connectivity index (χ1n) is 10.6. The number of carbonyl (C=O) groups excluding carboxylic acids is 1. The summed E-state index contributed by atoms with van der Waals surface area (Å²) in [5.74, 6) is -0.0603. The predicted octanol–water partition coefficient (Wildman–Crippen LogP) is 3.20. The molecule has 1 fully saturated rings. The standard InChI is InChI=1S/C22H28N6O/c1-2-18-9-3-4-14-27(18)15-7-13-24-22(29)17-8-5-10-19(16-17)28-21-20(25-26-28)11-6-12-23-21/h5-6,8,10-12,16,18H,2-4,7,9,13-15H2,1H3,(H,24,29)/t18-/m1/s1. The third-order valence-corrected chi connectivity index (χ3v) is 5.69. The zero-order valence-corrected chi connectivity index (χ0v) is 16.9. The molecule has 1 amide bonds. The number of hydrogen-bond donors (Lipinski definition) is 1. The van der Waals surface area contributed by atoms with Crippen LogP contribution in [0.2, 0.25) is 0 Å². The Balaban J connectivity index is 1.35. The van der Waals surface area contributed by atoms with E-state index in [9.17, 15) is 4.79 Å². The van der Waals surface area contributed by atoms with E-state index in [-0.39, 0.29) is 5.91 Å². The lowest BCUT2D eigenvalue weighted by Gasteiger charge is -2.35. The van der Waals surface area contributed by atoms with Gasteiger partial charge in [0.05, 0.1) is 5.69 Å². The van der Waals surface area contributed by atoms with E-state index in [0.29, 0.717) is 23.8 Å². The number of rotatable bonds is 7. The van der Waals surface area contributed by atoms with Gasteiger partial charge in [0.2, 0.25) is 0 Å². The van der Waals surface area contributed by atoms with Gasteiger partial charge >= 0.3 is 0 Å². The van der Waals surface area contributed by atoms with Crippen molar-refractivity contribution in [1.82, 2.24) is 30.2 Å². The lowest BCUT2D eigenvalue weighted by Crippen LogP contribution is -2.40. The summed E-state index contributed by atoms with van der Waals surface area (Å²) in [5.41, 5.74) is 2.80.